The number of hydrogen-bond acceptors (Lipinski definition) is 3. The van der Waals surface area contributed by atoms with Crippen LogP contribution in [0.25, 0.3) is 0 Å². The maximum absolute atomic E-state index is 12.4. The van der Waals surface area contributed by atoms with Gasteiger partial charge in [-0.3, -0.25) is 9.59 Å². The van der Waals surface area contributed by atoms with Crippen molar-refractivity contribution in [1.82, 2.24) is 10.2 Å². The Balaban J connectivity index is 2.80. The van der Waals surface area contributed by atoms with Gasteiger partial charge < -0.3 is 15.3 Å². The molecule has 18 heavy (non-hydrogen) atoms. The maximum atomic E-state index is 12.4. The van der Waals surface area contributed by atoms with Crippen LogP contribution in [-0.2, 0) is 9.59 Å². The van der Waals surface area contributed by atoms with Gasteiger partial charge in [0.1, 0.15) is 0 Å². The summed E-state index contributed by atoms with van der Waals surface area (Å²) in [5.74, 6) is -0.901. The molecule has 1 atom stereocenters. The van der Waals surface area contributed by atoms with Gasteiger partial charge in [-0.05, 0) is 33.2 Å². The molecule has 1 heterocycles. The summed E-state index contributed by atoms with van der Waals surface area (Å²) in [6, 6.07) is -0.400. The fraction of sp³-hybridized carbons (Fsp3) is 0.692. The molecule has 1 unspecified atom stereocenters. The van der Waals surface area contributed by atoms with Crippen molar-refractivity contribution in [1.29, 1.82) is 0 Å². The van der Waals surface area contributed by atoms with Gasteiger partial charge >= 0.3 is 5.97 Å². The van der Waals surface area contributed by atoms with Crippen LogP contribution in [0.2, 0.25) is 0 Å². The zero-order valence-electron chi connectivity index (χ0n) is 11.1. The van der Waals surface area contributed by atoms with E-state index in [1.165, 1.54) is 0 Å². The lowest BCUT2D eigenvalue weighted by Gasteiger charge is -2.37. The molecule has 1 rings (SSSR count). The van der Waals surface area contributed by atoms with E-state index in [0.717, 1.165) is 13.0 Å². The number of nitrogens with one attached hydrogen (secondary N) is 1. The van der Waals surface area contributed by atoms with Crippen LogP contribution < -0.4 is 5.32 Å². The highest BCUT2D eigenvalue weighted by atomic mass is 16.4. The van der Waals surface area contributed by atoms with E-state index >= 15 is 0 Å². The average Bonchev–Trinajstić information content (AvgIpc) is 2.37. The molecule has 2 N–H and O–H groups in total. The van der Waals surface area contributed by atoms with Crippen LogP contribution in [0.15, 0.2) is 12.7 Å². The van der Waals surface area contributed by atoms with Gasteiger partial charge in [0, 0.05) is 18.5 Å². The highest BCUT2D eigenvalue weighted by Gasteiger charge is 2.36. The number of amides is 1. The first-order valence-electron chi connectivity index (χ1n) is 6.26. The second-order valence-electron chi connectivity index (χ2n) is 5.24. The highest BCUT2D eigenvalue weighted by Crippen LogP contribution is 2.23. The highest BCUT2D eigenvalue weighted by molar-refractivity contribution is 5.83. The molecule has 0 radical (unpaired) electrons. The van der Waals surface area contributed by atoms with Crippen LogP contribution >= 0.6 is 0 Å². The molecule has 0 aromatic rings. The normalized spacial score (nSPS) is 23.6. The standard InChI is InChI=1S/C13H22N2O3/c1-4-9-15-12(18)10(5-6-11(16)17)14-8-7-13(15,2)3/h4,10,14H,1,5-9H2,2-3H3,(H,16,17). The number of carbonyl (C=O) groups is 2. The minimum Gasteiger partial charge on any atom is -0.481 e. The monoisotopic (exact) mass is 254 g/mol. The van der Waals surface area contributed by atoms with Crippen LogP contribution in [0, 0.1) is 0 Å². The lowest BCUT2D eigenvalue weighted by Crippen LogP contribution is -2.51. The molecule has 0 aliphatic carbocycles. The van der Waals surface area contributed by atoms with Crippen LogP contribution in [-0.4, -0.2) is 46.6 Å². The Morgan fingerprint density at radius 2 is 2.33 bits per heavy atom. The van der Waals surface area contributed by atoms with Crippen LogP contribution in [0.5, 0.6) is 0 Å². The van der Waals surface area contributed by atoms with Crippen LogP contribution in [0.4, 0.5) is 0 Å². The van der Waals surface area contributed by atoms with Crippen molar-refractivity contribution >= 4 is 11.9 Å². The van der Waals surface area contributed by atoms with Gasteiger partial charge in [0.25, 0.3) is 0 Å². The molecule has 1 amide bonds. The molecule has 1 fully saturated rings. The number of aliphatic carboxylic acids is 1. The minimum atomic E-state index is -0.872. The van der Waals surface area contributed by atoms with Gasteiger partial charge in [-0.15, -0.1) is 6.58 Å². The van der Waals surface area contributed by atoms with Crippen molar-refractivity contribution in [2.75, 3.05) is 13.1 Å². The van der Waals surface area contributed by atoms with Crippen molar-refractivity contribution in [2.45, 2.75) is 44.7 Å². The third-order valence-corrected chi connectivity index (χ3v) is 3.38. The Bertz CT molecular complexity index is 339. The molecule has 5 heteroatoms. The zero-order chi connectivity index (χ0) is 13.8. The lowest BCUT2D eigenvalue weighted by molar-refractivity contribution is -0.138. The second-order valence-corrected chi connectivity index (χ2v) is 5.24. The third kappa shape index (κ3) is 3.57. The van der Waals surface area contributed by atoms with E-state index in [0.29, 0.717) is 13.0 Å². The molecule has 0 bridgehead atoms. The fourth-order valence-corrected chi connectivity index (χ4v) is 2.22. The molecule has 1 saturated heterocycles. The molecule has 0 aromatic carbocycles. The molecular formula is C13H22N2O3. The van der Waals surface area contributed by atoms with Gasteiger partial charge in [0.2, 0.25) is 5.91 Å². The van der Waals surface area contributed by atoms with E-state index in [9.17, 15) is 9.59 Å². The predicted octanol–water partition coefficient (Wildman–Crippen LogP) is 1.01. The van der Waals surface area contributed by atoms with Gasteiger partial charge in [-0.1, -0.05) is 6.08 Å². The maximum Gasteiger partial charge on any atom is 0.303 e. The van der Waals surface area contributed by atoms with E-state index in [4.69, 9.17) is 5.11 Å². The molecule has 1 aliphatic rings. The van der Waals surface area contributed by atoms with Gasteiger partial charge in [0.15, 0.2) is 0 Å². The Morgan fingerprint density at radius 1 is 1.67 bits per heavy atom. The summed E-state index contributed by atoms with van der Waals surface area (Å²) in [7, 11) is 0. The molecule has 0 saturated carbocycles. The number of carbonyl (C=O) groups excluding carboxylic acids is 1. The third-order valence-electron chi connectivity index (χ3n) is 3.38. The molecule has 1 aliphatic heterocycles. The molecular weight excluding hydrogens is 232 g/mol. The summed E-state index contributed by atoms with van der Waals surface area (Å²) in [4.78, 5) is 24.8. The lowest BCUT2D eigenvalue weighted by atomic mass is 9.98. The van der Waals surface area contributed by atoms with E-state index in [2.05, 4.69) is 11.9 Å². The number of rotatable bonds is 5. The Kier molecular flexibility index (Phi) is 4.90. The number of hydrogen-bond donors (Lipinski definition) is 2. The SMILES string of the molecule is C=CCN1C(=O)C(CCC(=O)O)NCCC1(C)C. The predicted molar refractivity (Wildman–Crippen MR) is 69.3 cm³/mol. The quantitative estimate of drug-likeness (QED) is 0.718. The minimum absolute atomic E-state index is 0.00572. The first-order chi connectivity index (χ1) is 8.38. The van der Waals surface area contributed by atoms with Crippen molar-refractivity contribution in [3.8, 4) is 0 Å². The van der Waals surface area contributed by atoms with Crippen molar-refractivity contribution in [2.24, 2.45) is 0 Å². The van der Waals surface area contributed by atoms with Gasteiger partial charge in [0.05, 0.1) is 6.04 Å². The number of carboxylic acids is 1. The molecule has 102 valence electrons. The summed E-state index contributed by atoms with van der Waals surface area (Å²) in [5.41, 5.74) is -0.226. The van der Waals surface area contributed by atoms with E-state index in [-0.39, 0.29) is 17.9 Å². The first kappa shape index (κ1) is 14.7. The summed E-state index contributed by atoms with van der Waals surface area (Å²) < 4.78 is 0. The van der Waals surface area contributed by atoms with E-state index in [1.54, 1.807) is 11.0 Å². The van der Waals surface area contributed by atoms with Crippen LogP contribution in [0.3, 0.4) is 0 Å². The summed E-state index contributed by atoms with van der Waals surface area (Å²) in [5, 5.41) is 11.8. The Hall–Kier alpha value is -1.36. The van der Waals surface area contributed by atoms with Crippen LogP contribution in [0.1, 0.15) is 33.1 Å². The molecule has 0 spiro atoms. The number of carboxylic acid groups (broad SMARTS) is 1. The Morgan fingerprint density at radius 3 is 2.89 bits per heavy atom. The average molecular weight is 254 g/mol. The van der Waals surface area contributed by atoms with E-state index in [1.807, 2.05) is 13.8 Å². The topological polar surface area (TPSA) is 69.6 Å². The molecule has 5 nitrogen and oxygen atoms in total. The molecule has 0 aromatic heterocycles. The summed E-state index contributed by atoms with van der Waals surface area (Å²) in [6.45, 7) is 8.94. The largest absolute Gasteiger partial charge is 0.481 e. The zero-order valence-corrected chi connectivity index (χ0v) is 11.1. The summed E-state index contributed by atoms with van der Waals surface area (Å²) in [6.07, 6.45) is 2.89. The van der Waals surface area contributed by atoms with Gasteiger partial charge in [-0.25, -0.2) is 0 Å². The smallest absolute Gasteiger partial charge is 0.303 e. The van der Waals surface area contributed by atoms with Crippen molar-refractivity contribution in [3.63, 3.8) is 0 Å². The number of nitrogens with zero attached hydrogens (tertiary/aromatic N) is 1. The van der Waals surface area contributed by atoms with Crippen molar-refractivity contribution in [3.05, 3.63) is 12.7 Å². The van der Waals surface area contributed by atoms with E-state index < -0.39 is 12.0 Å². The fourth-order valence-electron chi connectivity index (χ4n) is 2.22. The second kappa shape index (κ2) is 6.00. The first-order valence-corrected chi connectivity index (χ1v) is 6.26. The Labute approximate surface area is 108 Å². The summed E-state index contributed by atoms with van der Waals surface area (Å²) >= 11 is 0. The van der Waals surface area contributed by atoms with Gasteiger partial charge in [-0.2, -0.15) is 0 Å². The van der Waals surface area contributed by atoms with Crippen molar-refractivity contribution < 1.29 is 14.7 Å².